The lowest BCUT2D eigenvalue weighted by Gasteiger charge is -2.27. The monoisotopic (exact) mass is 467 g/mol. The van der Waals surface area contributed by atoms with E-state index in [0.717, 1.165) is 57.2 Å². The second kappa shape index (κ2) is 8.93. The number of rotatable bonds is 6. The molecule has 0 aliphatic heterocycles. The van der Waals surface area contributed by atoms with Gasteiger partial charge in [0.1, 0.15) is 22.1 Å². The molecule has 1 fully saturated rings. The summed E-state index contributed by atoms with van der Waals surface area (Å²) in [6.45, 7) is 10.5. The zero-order chi connectivity index (χ0) is 23.9. The van der Waals surface area contributed by atoms with Crippen molar-refractivity contribution in [3.8, 4) is 17.0 Å². The minimum atomic E-state index is -0.571. The van der Waals surface area contributed by atoms with Gasteiger partial charge in [-0.25, -0.2) is 9.31 Å². The highest BCUT2D eigenvalue weighted by Crippen LogP contribution is 2.41. The van der Waals surface area contributed by atoms with E-state index in [1.54, 1.807) is 23.8 Å². The number of thioether (sulfide) groups is 1. The molecule has 1 aromatic carbocycles. The van der Waals surface area contributed by atoms with Crippen LogP contribution in [0, 0.1) is 19.8 Å². The minimum absolute atomic E-state index is 0.325. The van der Waals surface area contributed by atoms with E-state index in [1.807, 2.05) is 55.8 Å². The number of hydrogen-bond acceptors (Lipinski definition) is 5. The largest absolute Gasteiger partial charge is 0.496 e. The molecule has 1 saturated carbocycles. The number of amides is 1. The first kappa shape index (κ1) is 23.5. The summed E-state index contributed by atoms with van der Waals surface area (Å²) in [5.41, 5.74) is 5.31. The Balaban J connectivity index is 1.91. The topological polar surface area (TPSA) is 56.1 Å². The van der Waals surface area contributed by atoms with Crippen LogP contribution in [-0.4, -0.2) is 41.2 Å². The molecule has 33 heavy (non-hydrogen) atoms. The van der Waals surface area contributed by atoms with Gasteiger partial charge in [0.25, 0.3) is 0 Å². The number of aromatic nitrogens is 2. The molecular formula is C26H33N3O3S. The number of pyridine rings is 1. The highest BCUT2D eigenvalue weighted by molar-refractivity contribution is 7.98. The van der Waals surface area contributed by atoms with E-state index in [-0.39, 0.29) is 6.09 Å². The summed E-state index contributed by atoms with van der Waals surface area (Å²) in [6, 6.07) is 10.3. The van der Waals surface area contributed by atoms with Crippen molar-refractivity contribution in [3.05, 3.63) is 41.5 Å². The predicted molar refractivity (Wildman–Crippen MR) is 135 cm³/mol. The molecule has 1 amide bonds. The number of nitrogens with zero attached hydrogens (tertiary/aromatic N) is 3. The Hall–Kier alpha value is -2.67. The van der Waals surface area contributed by atoms with E-state index in [0.29, 0.717) is 12.5 Å². The van der Waals surface area contributed by atoms with Crippen molar-refractivity contribution >= 4 is 29.1 Å². The van der Waals surface area contributed by atoms with Crippen molar-refractivity contribution in [1.82, 2.24) is 9.61 Å². The van der Waals surface area contributed by atoms with Gasteiger partial charge in [0.15, 0.2) is 0 Å². The summed E-state index contributed by atoms with van der Waals surface area (Å²) in [7, 11) is 1.69. The predicted octanol–water partition coefficient (Wildman–Crippen LogP) is 6.50. The molecule has 0 bridgehead atoms. The van der Waals surface area contributed by atoms with Crippen molar-refractivity contribution < 1.29 is 14.3 Å². The molecule has 1 aliphatic carbocycles. The van der Waals surface area contributed by atoms with Crippen LogP contribution in [0.1, 0.15) is 44.7 Å². The van der Waals surface area contributed by atoms with Crippen LogP contribution < -0.4 is 9.64 Å². The molecule has 3 aromatic rings. The van der Waals surface area contributed by atoms with Gasteiger partial charge >= 0.3 is 6.09 Å². The fourth-order valence-corrected chi connectivity index (χ4v) is 4.74. The molecule has 1 aliphatic rings. The normalized spacial score (nSPS) is 13.9. The number of benzene rings is 1. The van der Waals surface area contributed by atoms with Crippen molar-refractivity contribution in [2.45, 2.75) is 58.1 Å². The summed E-state index contributed by atoms with van der Waals surface area (Å²) in [5, 5.41) is 5.75. The van der Waals surface area contributed by atoms with E-state index in [9.17, 15) is 4.79 Å². The van der Waals surface area contributed by atoms with Crippen LogP contribution in [0.2, 0.25) is 0 Å². The minimum Gasteiger partial charge on any atom is -0.496 e. The molecule has 2 heterocycles. The molecule has 7 heteroatoms. The number of aryl methyl sites for hydroxylation is 2. The van der Waals surface area contributed by atoms with Crippen LogP contribution in [0.25, 0.3) is 16.8 Å². The summed E-state index contributed by atoms with van der Waals surface area (Å²) in [5.74, 6) is 1.31. The standard InChI is InChI=1S/C26H33N3O3S/c1-16-13-17(2)22(21(14-16)31-6)19-9-8-10-20-23(24(33-7)27-29(19)20)28(15-18-11-12-18)25(30)32-26(3,4)5/h8-10,13-14,18H,11-12,15H2,1-7H3. The molecule has 0 N–H and O–H groups in total. The molecule has 0 radical (unpaired) electrons. The maximum Gasteiger partial charge on any atom is 0.414 e. The highest BCUT2D eigenvalue weighted by atomic mass is 32.2. The van der Waals surface area contributed by atoms with Gasteiger partial charge in [-0.05, 0) is 89.0 Å². The van der Waals surface area contributed by atoms with Crippen LogP contribution in [0.3, 0.4) is 0 Å². The maximum absolute atomic E-state index is 13.3. The van der Waals surface area contributed by atoms with Gasteiger partial charge in [-0.3, -0.25) is 4.90 Å². The molecule has 0 saturated heterocycles. The fourth-order valence-electron chi connectivity index (χ4n) is 4.17. The number of fused-ring (bicyclic) bond motifs is 1. The summed E-state index contributed by atoms with van der Waals surface area (Å²) in [6.07, 6.45) is 3.94. The third kappa shape index (κ3) is 4.83. The first-order chi connectivity index (χ1) is 15.6. The van der Waals surface area contributed by atoms with Crippen LogP contribution in [0.5, 0.6) is 5.75 Å². The number of methoxy groups -OCH3 is 1. The van der Waals surface area contributed by atoms with E-state index >= 15 is 0 Å². The van der Waals surface area contributed by atoms with Crippen LogP contribution >= 0.6 is 11.8 Å². The Labute approximate surface area is 200 Å². The van der Waals surface area contributed by atoms with Crippen LogP contribution in [-0.2, 0) is 4.74 Å². The van der Waals surface area contributed by atoms with Gasteiger partial charge < -0.3 is 9.47 Å². The quantitative estimate of drug-likeness (QED) is 0.387. The third-order valence-corrected chi connectivity index (χ3v) is 6.40. The summed E-state index contributed by atoms with van der Waals surface area (Å²) < 4.78 is 13.5. The Bertz CT molecular complexity index is 1190. The van der Waals surface area contributed by atoms with E-state index in [4.69, 9.17) is 14.6 Å². The molecule has 0 spiro atoms. The van der Waals surface area contributed by atoms with Gasteiger partial charge in [-0.15, -0.1) is 11.8 Å². The van der Waals surface area contributed by atoms with Crippen LogP contribution in [0.15, 0.2) is 35.4 Å². The number of hydrogen-bond donors (Lipinski definition) is 0. The number of carbonyl (C=O) groups excluding carboxylic acids is 1. The van der Waals surface area contributed by atoms with Crippen molar-refractivity contribution in [2.75, 3.05) is 24.8 Å². The number of carbonyl (C=O) groups is 1. The second-order valence-electron chi connectivity index (χ2n) is 9.76. The average Bonchev–Trinajstić information content (AvgIpc) is 3.48. The molecule has 176 valence electrons. The van der Waals surface area contributed by atoms with Crippen LogP contribution in [0.4, 0.5) is 10.5 Å². The van der Waals surface area contributed by atoms with Crippen molar-refractivity contribution in [3.63, 3.8) is 0 Å². The lowest BCUT2D eigenvalue weighted by atomic mass is 10.0. The van der Waals surface area contributed by atoms with Gasteiger partial charge in [0, 0.05) is 12.1 Å². The Morgan fingerprint density at radius 3 is 2.58 bits per heavy atom. The Morgan fingerprint density at radius 1 is 1.24 bits per heavy atom. The molecular weight excluding hydrogens is 434 g/mol. The van der Waals surface area contributed by atoms with E-state index in [1.165, 1.54) is 0 Å². The Kier molecular flexibility index (Phi) is 6.36. The summed E-state index contributed by atoms with van der Waals surface area (Å²) >= 11 is 1.54. The molecule has 2 aromatic heterocycles. The van der Waals surface area contributed by atoms with Gasteiger partial charge in [-0.1, -0.05) is 12.1 Å². The lowest BCUT2D eigenvalue weighted by Crippen LogP contribution is -2.38. The number of ether oxygens (including phenoxy) is 2. The first-order valence-corrected chi connectivity index (χ1v) is 12.6. The zero-order valence-electron chi connectivity index (χ0n) is 20.6. The molecule has 0 atom stereocenters. The zero-order valence-corrected chi connectivity index (χ0v) is 21.4. The summed E-state index contributed by atoms with van der Waals surface area (Å²) in [4.78, 5) is 15.1. The fraction of sp³-hybridized carbons (Fsp3) is 0.462. The van der Waals surface area contributed by atoms with Crippen molar-refractivity contribution in [2.24, 2.45) is 5.92 Å². The Morgan fingerprint density at radius 2 is 1.97 bits per heavy atom. The smallest absolute Gasteiger partial charge is 0.414 e. The van der Waals surface area contributed by atoms with Gasteiger partial charge in [-0.2, -0.15) is 5.10 Å². The molecule has 6 nitrogen and oxygen atoms in total. The third-order valence-electron chi connectivity index (χ3n) is 5.74. The maximum atomic E-state index is 13.3. The van der Waals surface area contributed by atoms with E-state index in [2.05, 4.69) is 19.9 Å². The van der Waals surface area contributed by atoms with Crippen molar-refractivity contribution in [1.29, 1.82) is 0 Å². The molecule has 0 unspecified atom stereocenters. The highest BCUT2D eigenvalue weighted by Gasteiger charge is 2.34. The number of anilines is 1. The second-order valence-corrected chi connectivity index (χ2v) is 10.6. The van der Waals surface area contributed by atoms with Gasteiger partial charge in [0.05, 0.1) is 18.3 Å². The first-order valence-electron chi connectivity index (χ1n) is 11.3. The van der Waals surface area contributed by atoms with Gasteiger partial charge in [0.2, 0.25) is 0 Å². The van der Waals surface area contributed by atoms with E-state index < -0.39 is 5.60 Å². The lowest BCUT2D eigenvalue weighted by molar-refractivity contribution is 0.0578. The average molecular weight is 468 g/mol. The SMILES string of the molecule is COc1cc(C)cc(C)c1-c1cccc2c(N(CC3CC3)C(=O)OC(C)(C)C)c(SC)nn12. The molecule has 4 rings (SSSR count).